The van der Waals surface area contributed by atoms with E-state index in [4.69, 9.17) is 0 Å². The first kappa shape index (κ1) is 13.9. The lowest BCUT2D eigenvalue weighted by Gasteiger charge is -2.10. The van der Waals surface area contributed by atoms with E-state index in [2.05, 4.69) is 59.0 Å². The van der Waals surface area contributed by atoms with E-state index in [1.807, 2.05) is 0 Å². The van der Waals surface area contributed by atoms with Gasteiger partial charge in [0.2, 0.25) is 0 Å². The smallest absolute Gasteiger partial charge is 0.315 e. The molecule has 5 nitrogen and oxygen atoms in total. The lowest BCUT2D eigenvalue weighted by atomic mass is 10.0. The summed E-state index contributed by atoms with van der Waals surface area (Å²) in [5.74, 6) is 0. The molecule has 1 aromatic heterocycles. The molecule has 0 bridgehead atoms. The molecule has 1 aliphatic rings. The average molecular weight is 286 g/mol. The molecule has 2 heterocycles. The molecule has 1 unspecified atom stereocenters. The standard InChI is InChI=1S/C16H22N4O/c1-20(2)6-5-12-9-17-15-4-3-11(8-14(12)15)7-13-10-18-16(21)19-13/h3-4,8-9,13,17H,5-7,10H2,1-2H3,(H2,18,19,21). The summed E-state index contributed by atoms with van der Waals surface area (Å²) in [5.41, 5.74) is 3.80. The Kier molecular flexibility index (Phi) is 3.84. The molecular formula is C16H22N4O. The molecule has 1 saturated heterocycles. The van der Waals surface area contributed by atoms with E-state index in [1.165, 1.54) is 22.0 Å². The fourth-order valence-electron chi connectivity index (χ4n) is 2.81. The van der Waals surface area contributed by atoms with Crippen molar-refractivity contribution in [3.63, 3.8) is 0 Å². The zero-order chi connectivity index (χ0) is 14.8. The summed E-state index contributed by atoms with van der Waals surface area (Å²) in [6.07, 6.45) is 4.02. The molecule has 1 aromatic carbocycles. The number of carbonyl (C=O) groups is 1. The minimum Gasteiger partial charge on any atom is -0.361 e. The van der Waals surface area contributed by atoms with Crippen molar-refractivity contribution in [2.75, 3.05) is 27.2 Å². The molecule has 3 rings (SSSR count). The van der Waals surface area contributed by atoms with Crippen molar-refractivity contribution in [2.24, 2.45) is 0 Å². The number of aromatic nitrogens is 1. The molecule has 2 amide bonds. The highest BCUT2D eigenvalue weighted by Gasteiger charge is 2.20. The number of carbonyl (C=O) groups excluding carboxylic acids is 1. The first-order valence-corrected chi connectivity index (χ1v) is 7.40. The second-order valence-corrected chi connectivity index (χ2v) is 6.00. The van der Waals surface area contributed by atoms with Gasteiger partial charge in [-0.1, -0.05) is 6.07 Å². The van der Waals surface area contributed by atoms with Gasteiger partial charge in [-0.2, -0.15) is 0 Å². The molecule has 0 saturated carbocycles. The Morgan fingerprint density at radius 1 is 1.33 bits per heavy atom. The fourth-order valence-corrected chi connectivity index (χ4v) is 2.81. The number of H-pyrrole nitrogens is 1. The van der Waals surface area contributed by atoms with Gasteiger partial charge >= 0.3 is 6.03 Å². The molecule has 1 fully saturated rings. The maximum atomic E-state index is 11.2. The van der Waals surface area contributed by atoms with Gasteiger partial charge in [0.25, 0.3) is 0 Å². The number of benzene rings is 1. The van der Waals surface area contributed by atoms with Gasteiger partial charge in [0.15, 0.2) is 0 Å². The number of aromatic amines is 1. The third kappa shape index (κ3) is 3.19. The fraction of sp³-hybridized carbons (Fsp3) is 0.438. The summed E-state index contributed by atoms with van der Waals surface area (Å²) < 4.78 is 0. The number of urea groups is 1. The van der Waals surface area contributed by atoms with Crippen LogP contribution < -0.4 is 10.6 Å². The van der Waals surface area contributed by atoms with Gasteiger partial charge in [0, 0.05) is 30.2 Å². The van der Waals surface area contributed by atoms with E-state index < -0.39 is 0 Å². The predicted octanol–water partition coefficient (Wildman–Crippen LogP) is 1.50. The van der Waals surface area contributed by atoms with E-state index in [9.17, 15) is 4.79 Å². The number of hydrogen-bond acceptors (Lipinski definition) is 2. The van der Waals surface area contributed by atoms with Gasteiger partial charge < -0.3 is 20.5 Å². The Bertz CT molecular complexity index is 647. The summed E-state index contributed by atoms with van der Waals surface area (Å²) in [4.78, 5) is 16.7. The van der Waals surface area contributed by atoms with Crippen LogP contribution >= 0.6 is 0 Å². The molecule has 3 N–H and O–H groups in total. The van der Waals surface area contributed by atoms with Crippen molar-refractivity contribution < 1.29 is 4.79 Å². The Hall–Kier alpha value is -2.01. The molecule has 2 aromatic rings. The van der Waals surface area contributed by atoms with Crippen molar-refractivity contribution >= 4 is 16.9 Å². The lowest BCUT2D eigenvalue weighted by molar-refractivity contribution is 0.247. The molecule has 1 aliphatic heterocycles. The van der Waals surface area contributed by atoms with Crippen LogP contribution in [0.2, 0.25) is 0 Å². The second-order valence-electron chi connectivity index (χ2n) is 6.00. The van der Waals surface area contributed by atoms with E-state index in [-0.39, 0.29) is 12.1 Å². The minimum absolute atomic E-state index is 0.0607. The van der Waals surface area contributed by atoms with Crippen LogP contribution in [0.25, 0.3) is 10.9 Å². The predicted molar refractivity (Wildman–Crippen MR) is 84.6 cm³/mol. The summed E-state index contributed by atoms with van der Waals surface area (Å²) in [6.45, 7) is 1.75. The quantitative estimate of drug-likeness (QED) is 0.780. The topological polar surface area (TPSA) is 60.2 Å². The van der Waals surface area contributed by atoms with Crippen LogP contribution in [0.15, 0.2) is 24.4 Å². The van der Waals surface area contributed by atoms with Crippen LogP contribution in [0.3, 0.4) is 0 Å². The maximum absolute atomic E-state index is 11.2. The number of rotatable bonds is 5. The molecule has 0 radical (unpaired) electrons. The normalized spacial score (nSPS) is 18.2. The first-order chi connectivity index (χ1) is 10.1. The Labute approximate surface area is 124 Å². The molecule has 0 aliphatic carbocycles. The summed E-state index contributed by atoms with van der Waals surface area (Å²) in [5, 5.41) is 7.04. The van der Waals surface area contributed by atoms with Crippen LogP contribution in [0.5, 0.6) is 0 Å². The van der Waals surface area contributed by atoms with Crippen LogP contribution in [0.4, 0.5) is 4.79 Å². The third-order valence-electron chi connectivity index (χ3n) is 3.99. The average Bonchev–Trinajstić information content (AvgIpc) is 3.03. The second kappa shape index (κ2) is 5.77. The largest absolute Gasteiger partial charge is 0.361 e. The van der Waals surface area contributed by atoms with Crippen molar-refractivity contribution in [2.45, 2.75) is 18.9 Å². The van der Waals surface area contributed by atoms with Crippen molar-refractivity contribution in [3.8, 4) is 0 Å². The lowest BCUT2D eigenvalue weighted by Crippen LogP contribution is -2.28. The summed E-state index contributed by atoms with van der Waals surface area (Å²) in [7, 11) is 4.19. The van der Waals surface area contributed by atoms with E-state index in [1.54, 1.807) is 0 Å². The van der Waals surface area contributed by atoms with Crippen molar-refractivity contribution in [3.05, 3.63) is 35.5 Å². The van der Waals surface area contributed by atoms with E-state index in [0.717, 1.165) is 19.4 Å². The number of fused-ring (bicyclic) bond motifs is 1. The Balaban J connectivity index is 1.77. The third-order valence-corrected chi connectivity index (χ3v) is 3.99. The van der Waals surface area contributed by atoms with Gasteiger partial charge in [0.05, 0.1) is 6.04 Å². The molecule has 5 heteroatoms. The van der Waals surface area contributed by atoms with Gasteiger partial charge in [-0.25, -0.2) is 4.79 Å². The van der Waals surface area contributed by atoms with Crippen molar-refractivity contribution in [1.82, 2.24) is 20.5 Å². The number of likely N-dealkylation sites (N-methyl/N-ethyl adjacent to an activating group) is 1. The van der Waals surface area contributed by atoms with E-state index in [0.29, 0.717) is 6.54 Å². The molecular weight excluding hydrogens is 264 g/mol. The highest BCUT2D eigenvalue weighted by Crippen LogP contribution is 2.21. The van der Waals surface area contributed by atoms with Crippen LogP contribution in [-0.2, 0) is 12.8 Å². The first-order valence-electron chi connectivity index (χ1n) is 7.40. The molecule has 21 heavy (non-hydrogen) atoms. The molecule has 112 valence electrons. The molecule has 1 atom stereocenters. The Morgan fingerprint density at radius 2 is 2.19 bits per heavy atom. The van der Waals surface area contributed by atoms with Crippen LogP contribution in [0, 0.1) is 0 Å². The highest BCUT2D eigenvalue weighted by molar-refractivity contribution is 5.84. The van der Waals surface area contributed by atoms with Crippen LogP contribution in [-0.4, -0.2) is 49.1 Å². The monoisotopic (exact) mass is 286 g/mol. The van der Waals surface area contributed by atoms with Crippen LogP contribution in [0.1, 0.15) is 11.1 Å². The number of nitrogens with zero attached hydrogens (tertiary/aromatic N) is 1. The summed E-state index contributed by atoms with van der Waals surface area (Å²) in [6, 6.07) is 6.66. The number of hydrogen-bond donors (Lipinski definition) is 3. The van der Waals surface area contributed by atoms with Gasteiger partial charge in [-0.3, -0.25) is 0 Å². The Morgan fingerprint density at radius 3 is 2.90 bits per heavy atom. The maximum Gasteiger partial charge on any atom is 0.315 e. The van der Waals surface area contributed by atoms with Gasteiger partial charge in [-0.05, 0) is 50.2 Å². The van der Waals surface area contributed by atoms with Crippen molar-refractivity contribution in [1.29, 1.82) is 0 Å². The zero-order valence-electron chi connectivity index (χ0n) is 12.6. The van der Waals surface area contributed by atoms with E-state index >= 15 is 0 Å². The zero-order valence-corrected chi connectivity index (χ0v) is 12.6. The summed E-state index contributed by atoms with van der Waals surface area (Å²) >= 11 is 0. The van der Waals surface area contributed by atoms with Gasteiger partial charge in [0.1, 0.15) is 0 Å². The highest BCUT2D eigenvalue weighted by atomic mass is 16.2. The SMILES string of the molecule is CN(C)CCc1c[nH]c2ccc(CC3CNC(=O)N3)cc12. The number of nitrogens with one attached hydrogen (secondary N) is 3. The number of amides is 2. The van der Waals surface area contributed by atoms with Gasteiger partial charge in [-0.15, -0.1) is 0 Å². The minimum atomic E-state index is -0.0607. The molecule has 0 spiro atoms.